The Morgan fingerprint density at radius 3 is 2.11 bits per heavy atom. The van der Waals surface area contributed by atoms with Gasteiger partial charge in [-0.25, -0.2) is 4.79 Å². The average Bonchev–Trinajstić information content (AvgIpc) is 2.27. The van der Waals surface area contributed by atoms with Gasteiger partial charge in [-0.1, -0.05) is 30.3 Å². The lowest BCUT2D eigenvalue weighted by Crippen LogP contribution is -2.28. The third-order valence-corrected chi connectivity index (χ3v) is 2.12. The molecule has 0 aromatic heterocycles. The molecule has 0 aliphatic heterocycles. The smallest absolute Gasteiger partial charge is 0.407 e. The first kappa shape index (κ1) is 14.0. The zero-order chi connectivity index (χ0) is 13.8. The standard InChI is InChI=1S/C13H17NO4/c1-13(2,3)11(15)17-10(18-12(14)16)9-7-5-4-6-8-9/h4-8,10H,1-3H3,(H2,14,16). The molecule has 0 aliphatic rings. The van der Waals surface area contributed by atoms with Crippen LogP contribution in [0.1, 0.15) is 32.6 Å². The lowest BCUT2D eigenvalue weighted by atomic mass is 9.97. The van der Waals surface area contributed by atoms with E-state index < -0.39 is 23.8 Å². The number of amides is 1. The highest BCUT2D eigenvalue weighted by atomic mass is 16.7. The van der Waals surface area contributed by atoms with Crippen molar-refractivity contribution in [3.8, 4) is 0 Å². The maximum absolute atomic E-state index is 11.8. The molecule has 0 fully saturated rings. The van der Waals surface area contributed by atoms with Gasteiger partial charge in [0.1, 0.15) is 0 Å². The largest absolute Gasteiger partial charge is 0.420 e. The van der Waals surface area contributed by atoms with Crippen molar-refractivity contribution < 1.29 is 19.1 Å². The SMILES string of the molecule is CC(C)(C)C(=O)OC(OC(N)=O)c1ccccc1. The summed E-state index contributed by atoms with van der Waals surface area (Å²) in [5, 5.41) is 0. The number of esters is 1. The summed E-state index contributed by atoms with van der Waals surface area (Å²) in [6.45, 7) is 5.13. The summed E-state index contributed by atoms with van der Waals surface area (Å²) in [5.41, 5.74) is 4.83. The van der Waals surface area contributed by atoms with Gasteiger partial charge in [-0.2, -0.15) is 0 Å². The lowest BCUT2D eigenvalue weighted by Gasteiger charge is -2.22. The number of hydrogen-bond acceptors (Lipinski definition) is 4. The number of rotatable bonds is 3. The first-order valence-electron chi connectivity index (χ1n) is 5.53. The van der Waals surface area contributed by atoms with Crippen LogP contribution in [0.3, 0.4) is 0 Å². The molecule has 0 spiro atoms. The number of carbonyl (C=O) groups is 2. The molecule has 0 aliphatic carbocycles. The summed E-state index contributed by atoms with van der Waals surface area (Å²) in [6.07, 6.45) is -2.11. The predicted molar refractivity (Wildman–Crippen MR) is 65.4 cm³/mol. The topological polar surface area (TPSA) is 78.6 Å². The minimum atomic E-state index is -1.12. The molecule has 1 aromatic rings. The van der Waals surface area contributed by atoms with E-state index >= 15 is 0 Å². The Hall–Kier alpha value is -2.04. The van der Waals surface area contributed by atoms with Gasteiger partial charge in [0.05, 0.1) is 5.41 Å². The highest BCUT2D eigenvalue weighted by molar-refractivity contribution is 5.75. The van der Waals surface area contributed by atoms with E-state index in [2.05, 4.69) is 0 Å². The van der Waals surface area contributed by atoms with Gasteiger partial charge in [-0.3, -0.25) is 4.79 Å². The molecular weight excluding hydrogens is 234 g/mol. The van der Waals surface area contributed by atoms with Crippen LogP contribution < -0.4 is 5.73 Å². The van der Waals surface area contributed by atoms with Gasteiger partial charge in [0.2, 0.25) is 0 Å². The van der Waals surface area contributed by atoms with E-state index in [9.17, 15) is 9.59 Å². The summed E-state index contributed by atoms with van der Waals surface area (Å²) >= 11 is 0. The van der Waals surface area contributed by atoms with Crippen LogP contribution in [0.2, 0.25) is 0 Å². The lowest BCUT2D eigenvalue weighted by molar-refractivity contribution is -0.178. The molecule has 2 N–H and O–H groups in total. The van der Waals surface area contributed by atoms with Crippen molar-refractivity contribution in [2.75, 3.05) is 0 Å². The molecule has 0 bridgehead atoms. The van der Waals surface area contributed by atoms with E-state index in [1.54, 1.807) is 51.1 Å². The van der Waals surface area contributed by atoms with Gasteiger partial charge in [0, 0.05) is 5.56 Å². The molecule has 1 atom stereocenters. The fourth-order valence-corrected chi connectivity index (χ4v) is 1.15. The van der Waals surface area contributed by atoms with E-state index in [-0.39, 0.29) is 0 Å². The Morgan fingerprint density at radius 1 is 1.11 bits per heavy atom. The number of hydrogen-bond donors (Lipinski definition) is 1. The Kier molecular flexibility index (Phi) is 4.31. The van der Waals surface area contributed by atoms with E-state index in [4.69, 9.17) is 15.2 Å². The van der Waals surface area contributed by atoms with Gasteiger partial charge >= 0.3 is 12.1 Å². The fraction of sp³-hybridized carbons (Fsp3) is 0.385. The zero-order valence-corrected chi connectivity index (χ0v) is 10.7. The van der Waals surface area contributed by atoms with Crippen molar-refractivity contribution in [3.05, 3.63) is 35.9 Å². The highest BCUT2D eigenvalue weighted by Gasteiger charge is 2.28. The summed E-state index contributed by atoms with van der Waals surface area (Å²) in [6, 6.07) is 8.67. The van der Waals surface area contributed by atoms with Crippen molar-refractivity contribution in [3.63, 3.8) is 0 Å². The number of ether oxygens (including phenoxy) is 2. The van der Waals surface area contributed by atoms with Crippen molar-refractivity contribution >= 4 is 12.1 Å². The molecule has 1 aromatic carbocycles. The van der Waals surface area contributed by atoms with Crippen LogP contribution >= 0.6 is 0 Å². The van der Waals surface area contributed by atoms with Crippen molar-refractivity contribution in [1.29, 1.82) is 0 Å². The molecule has 98 valence electrons. The molecule has 5 nitrogen and oxygen atoms in total. The summed E-state index contributed by atoms with van der Waals surface area (Å²) in [4.78, 5) is 22.6. The van der Waals surface area contributed by atoms with Crippen LogP contribution in [0.5, 0.6) is 0 Å². The van der Waals surface area contributed by atoms with E-state index in [0.29, 0.717) is 5.56 Å². The van der Waals surface area contributed by atoms with Crippen LogP contribution in [0.4, 0.5) is 4.79 Å². The summed E-state index contributed by atoms with van der Waals surface area (Å²) in [7, 11) is 0. The molecule has 0 heterocycles. The maximum Gasteiger partial charge on any atom is 0.407 e. The first-order valence-corrected chi connectivity index (χ1v) is 5.53. The average molecular weight is 251 g/mol. The quantitative estimate of drug-likeness (QED) is 0.660. The van der Waals surface area contributed by atoms with E-state index in [1.165, 1.54) is 0 Å². The van der Waals surface area contributed by atoms with Crippen LogP contribution in [0.25, 0.3) is 0 Å². The molecule has 0 saturated carbocycles. The second-order valence-electron chi connectivity index (χ2n) is 4.83. The van der Waals surface area contributed by atoms with Gasteiger partial charge in [-0.15, -0.1) is 0 Å². The first-order chi connectivity index (χ1) is 8.30. The Labute approximate surface area is 106 Å². The molecule has 1 rings (SSSR count). The van der Waals surface area contributed by atoms with E-state index in [1.807, 2.05) is 0 Å². The molecule has 5 heteroatoms. The normalized spacial score (nSPS) is 12.6. The molecule has 1 unspecified atom stereocenters. The summed E-state index contributed by atoms with van der Waals surface area (Å²) < 4.78 is 9.95. The maximum atomic E-state index is 11.8. The van der Waals surface area contributed by atoms with Gasteiger partial charge in [0.15, 0.2) is 0 Å². The molecule has 18 heavy (non-hydrogen) atoms. The number of carbonyl (C=O) groups excluding carboxylic acids is 2. The van der Waals surface area contributed by atoms with Crippen molar-refractivity contribution in [2.45, 2.75) is 27.1 Å². The number of nitrogens with two attached hydrogens (primary N) is 1. The van der Waals surface area contributed by atoms with Crippen LogP contribution in [0, 0.1) is 5.41 Å². The van der Waals surface area contributed by atoms with Crippen molar-refractivity contribution in [1.82, 2.24) is 0 Å². The second kappa shape index (κ2) is 5.53. The third-order valence-electron chi connectivity index (χ3n) is 2.12. The minimum absolute atomic E-state index is 0.474. The van der Waals surface area contributed by atoms with Crippen molar-refractivity contribution in [2.24, 2.45) is 11.1 Å². The zero-order valence-electron chi connectivity index (χ0n) is 10.7. The predicted octanol–water partition coefficient (Wildman–Crippen LogP) is 2.37. The number of benzene rings is 1. The molecular formula is C13H17NO4. The second-order valence-corrected chi connectivity index (χ2v) is 4.83. The van der Waals surface area contributed by atoms with Crippen LogP contribution in [-0.4, -0.2) is 12.1 Å². The van der Waals surface area contributed by atoms with E-state index in [0.717, 1.165) is 0 Å². The minimum Gasteiger partial charge on any atom is -0.420 e. The molecule has 0 saturated heterocycles. The van der Waals surface area contributed by atoms with Gasteiger partial charge < -0.3 is 15.2 Å². The molecule has 1 amide bonds. The highest BCUT2D eigenvalue weighted by Crippen LogP contribution is 2.24. The van der Waals surface area contributed by atoms with Gasteiger partial charge in [0.25, 0.3) is 6.29 Å². The fourth-order valence-electron chi connectivity index (χ4n) is 1.15. The molecule has 0 radical (unpaired) electrons. The Balaban J connectivity index is 2.87. The summed E-state index contributed by atoms with van der Waals surface area (Å²) in [5.74, 6) is -0.474. The number of primary amides is 1. The van der Waals surface area contributed by atoms with Gasteiger partial charge in [-0.05, 0) is 20.8 Å². The van der Waals surface area contributed by atoms with Crippen LogP contribution in [-0.2, 0) is 14.3 Å². The van der Waals surface area contributed by atoms with Crippen LogP contribution in [0.15, 0.2) is 30.3 Å². The Morgan fingerprint density at radius 2 is 1.67 bits per heavy atom. The monoisotopic (exact) mass is 251 g/mol. The third kappa shape index (κ3) is 4.08. The Bertz CT molecular complexity index is 422.